The first-order chi connectivity index (χ1) is 15.2. The fraction of sp³-hybridized carbons (Fsp3) is 0.259. The van der Waals surface area contributed by atoms with Crippen LogP contribution in [0.5, 0.6) is 0 Å². The molecule has 0 bridgehead atoms. The van der Waals surface area contributed by atoms with Gasteiger partial charge >= 0.3 is 0 Å². The van der Waals surface area contributed by atoms with E-state index in [-0.39, 0.29) is 17.7 Å². The molecule has 1 N–H and O–H groups in total. The molecule has 0 saturated carbocycles. The topological polar surface area (TPSA) is 49.4 Å². The molecule has 3 aromatic carbocycles. The average molecular weight is 413 g/mol. The summed E-state index contributed by atoms with van der Waals surface area (Å²) >= 11 is 0. The number of nitrogens with one attached hydrogen (secondary N) is 1. The third kappa shape index (κ3) is 5.40. The van der Waals surface area contributed by atoms with Crippen LogP contribution in [0.1, 0.15) is 41.9 Å². The van der Waals surface area contributed by atoms with Crippen LogP contribution in [0.3, 0.4) is 0 Å². The van der Waals surface area contributed by atoms with E-state index >= 15 is 0 Å². The van der Waals surface area contributed by atoms with Crippen LogP contribution in [0.25, 0.3) is 0 Å². The lowest BCUT2D eigenvalue weighted by atomic mass is 9.90. The quantitative estimate of drug-likeness (QED) is 0.593. The summed E-state index contributed by atoms with van der Waals surface area (Å²) in [6.45, 7) is 1.79. The van der Waals surface area contributed by atoms with Gasteiger partial charge in [-0.3, -0.25) is 9.59 Å². The first-order valence-electron chi connectivity index (χ1n) is 11.0. The Bertz CT molecular complexity index is 955. The van der Waals surface area contributed by atoms with Gasteiger partial charge in [0.15, 0.2) is 0 Å². The third-order valence-electron chi connectivity index (χ3n) is 5.84. The number of hydrogen-bond donors (Lipinski definition) is 1. The van der Waals surface area contributed by atoms with Crippen LogP contribution in [0.2, 0.25) is 0 Å². The van der Waals surface area contributed by atoms with E-state index in [9.17, 15) is 9.59 Å². The van der Waals surface area contributed by atoms with E-state index in [0.717, 1.165) is 54.7 Å². The Morgan fingerprint density at radius 1 is 0.774 bits per heavy atom. The number of nitrogens with zero attached hydrogens (tertiary/aromatic N) is 1. The van der Waals surface area contributed by atoms with Crippen LogP contribution >= 0.6 is 0 Å². The Morgan fingerprint density at radius 2 is 1.32 bits per heavy atom. The molecule has 4 rings (SSSR count). The monoisotopic (exact) mass is 412 g/mol. The van der Waals surface area contributed by atoms with Gasteiger partial charge in [0.25, 0.3) is 0 Å². The van der Waals surface area contributed by atoms with E-state index in [0.29, 0.717) is 6.42 Å². The van der Waals surface area contributed by atoms with Gasteiger partial charge in [-0.2, -0.15) is 0 Å². The number of benzene rings is 3. The predicted octanol–water partition coefficient (Wildman–Crippen LogP) is 5.01. The second-order valence-corrected chi connectivity index (χ2v) is 8.03. The molecule has 31 heavy (non-hydrogen) atoms. The second kappa shape index (κ2) is 10.1. The maximum Gasteiger partial charge on any atom is 0.236 e. The zero-order chi connectivity index (χ0) is 21.5. The van der Waals surface area contributed by atoms with Crippen LogP contribution in [0.4, 0.5) is 5.69 Å². The van der Waals surface area contributed by atoms with Crippen LogP contribution in [0.15, 0.2) is 84.9 Å². The van der Waals surface area contributed by atoms with Gasteiger partial charge in [0.1, 0.15) is 0 Å². The van der Waals surface area contributed by atoms with Crippen molar-refractivity contribution >= 4 is 17.5 Å². The number of aryl methyl sites for hydroxylation is 1. The molecule has 1 aliphatic heterocycles. The molecule has 0 aromatic heterocycles. The Hall–Kier alpha value is -3.40. The maximum absolute atomic E-state index is 13.2. The number of anilines is 1. The lowest BCUT2D eigenvalue weighted by Gasteiger charge is -2.18. The molecule has 4 heteroatoms. The minimum absolute atomic E-state index is 0.0608. The number of hydrogen-bond acceptors (Lipinski definition) is 2. The van der Waals surface area contributed by atoms with E-state index in [2.05, 4.69) is 5.32 Å². The zero-order valence-corrected chi connectivity index (χ0v) is 17.7. The molecule has 0 spiro atoms. The van der Waals surface area contributed by atoms with Crippen LogP contribution in [0, 0.1) is 0 Å². The molecule has 4 nitrogen and oxygen atoms in total. The molecule has 0 atom stereocenters. The molecule has 158 valence electrons. The van der Waals surface area contributed by atoms with Gasteiger partial charge in [-0.05, 0) is 48.1 Å². The molecule has 1 saturated heterocycles. The van der Waals surface area contributed by atoms with Gasteiger partial charge in [0, 0.05) is 25.2 Å². The highest BCUT2D eigenvalue weighted by molar-refractivity contribution is 5.98. The van der Waals surface area contributed by atoms with Crippen molar-refractivity contribution in [1.29, 1.82) is 0 Å². The molecule has 1 fully saturated rings. The fourth-order valence-corrected chi connectivity index (χ4v) is 4.13. The number of amides is 2. The lowest BCUT2D eigenvalue weighted by molar-refractivity contribution is -0.130. The molecule has 3 aromatic rings. The van der Waals surface area contributed by atoms with Gasteiger partial charge < -0.3 is 10.2 Å². The largest absolute Gasteiger partial charge is 0.343 e. The molecular formula is C27H28N2O2. The van der Waals surface area contributed by atoms with Gasteiger partial charge in [0.2, 0.25) is 11.8 Å². The number of carbonyl (C=O) groups is 2. The highest BCUT2D eigenvalue weighted by atomic mass is 16.2. The van der Waals surface area contributed by atoms with Crippen molar-refractivity contribution in [1.82, 2.24) is 4.90 Å². The van der Waals surface area contributed by atoms with E-state index in [1.54, 1.807) is 0 Å². The normalized spacial score (nSPS) is 13.4. The standard InChI is InChI=1S/C27H28N2O2/c30-25(29-19-7-8-20-29)18-15-21-13-16-24(17-14-21)28-27(31)26(22-9-3-1-4-10-22)23-11-5-2-6-12-23/h1-6,9-14,16-17,26H,7-8,15,18-20H2,(H,28,31). The molecule has 0 unspecified atom stereocenters. The Balaban J connectivity index is 1.41. The summed E-state index contributed by atoms with van der Waals surface area (Å²) in [5.74, 6) is -0.196. The highest BCUT2D eigenvalue weighted by Crippen LogP contribution is 2.26. The van der Waals surface area contributed by atoms with Gasteiger partial charge in [-0.1, -0.05) is 72.8 Å². The van der Waals surface area contributed by atoms with Crippen molar-refractivity contribution in [3.8, 4) is 0 Å². The van der Waals surface area contributed by atoms with E-state index in [1.165, 1.54) is 0 Å². The van der Waals surface area contributed by atoms with Crippen LogP contribution < -0.4 is 5.32 Å². The maximum atomic E-state index is 13.2. The predicted molar refractivity (Wildman–Crippen MR) is 124 cm³/mol. The minimum atomic E-state index is -0.375. The smallest absolute Gasteiger partial charge is 0.236 e. The Morgan fingerprint density at radius 3 is 1.87 bits per heavy atom. The minimum Gasteiger partial charge on any atom is -0.343 e. The summed E-state index contributed by atoms with van der Waals surface area (Å²) in [4.78, 5) is 27.4. The summed E-state index contributed by atoms with van der Waals surface area (Å²) in [5, 5.41) is 3.06. The summed E-state index contributed by atoms with van der Waals surface area (Å²) in [6.07, 6.45) is 3.50. The Kier molecular flexibility index (Phi) is 6.78. The summed E-state index contributed by atoms with van der Waals surface area (Å²) in [6, 6.07) is 27.5. The molecule has 0 radical (unpaired) electrons. The van der Waals surface area contributed by atoms with Crippen molar-refractivity contribution < 1.29 is 9.59 Å². The summed E-state index contributed by atoms with van der Waals surface area (Å²) in [7, 11) is 0. The Labute approximate surface area is 183 Å². The molecular weight excluding hydrogens is 384 g/mol. The van der Waals surface area contributed by atoms with Crippen molar-refractivity contribution in [2.75, 3.05) is 18.4 Å². The van der Waals surface area contributed by atoms with Crippen molar-refractivity contribution in [2.24, 2.45) is 0 Å². The zero-order valence-electron chi connectivity index (χ0n) is 17.7. The molecule has 2 amide bonds. The average Bonchev–Trinajstić information content (AvgIpc) is 3.35. The first kappa shape index (κ1) is 20.9. The molecule has 1 heterocycles. The molecule has 0 aliphatic carbocycles. The van der Waals surface area contributed by atoms with E-state index in [4.69, 9.17) is 0 Å². The fourth-order valence-electron chi connectivity index (χ4n) is 4.13. The van der Waals surface area contributed by atoms with E-state index < -0.39 is 0 Å². The highest BCUT2D eigenvalue weighted by Gasteiger charge is 2.22. The van der Waals surface area contributed by atoms with Gasteiger partial charge in [-0.25, -0.2) is 0 Å². The number of carbonyl (C=O) groups excluding carboxylic acids is 2. The first-order valence-corrected chi connectivity index (χ1v) is 11.0. The van der Waals surface area contributed by atoms with Gasteiger partial charge in [0.05, 0.1) is 5.92 Å². The van der Waals surface area contributed by atoms with Crippen LogP contribution in [-0.4, -0.2) is 29.8 Å². The summed E-state index contributed by atoms with van der Waals surface area (Å²) in [5.41, 5.74) is 3.79. The second-order valence-electron chi connectivity index (χ2n) is 8.03. The van der Waals surface area contributed by atoms with Gasteiger partial charge in [-0.15, -0.1) is 0 Å². The van der Waals surface area contributed by atoms with Crippen molar-refractivity contribution in [3.63, 3.8) is 0 Å². The van der Waals surface area contributed by atoms with Crippen molar-refractivity contribution in [2.45, 2.75) is 31.6 Å². The molecule has 1 aliphatic rings. The van der Waals surface area contributed by atoms with Crippen LogP contribution in [-0.2, 0) is 16.0 Å². The lowest BCUT2D eigenvalue weighted by Crippen LogP contribution is -2.27. The number of likely N-dealkylation sites (tertiary alicyclic amines) is 1. The van der Waals surface area contributed by atoms with Crippen molar-refractivity contribution in [3.05, 3.63) is 102 Å². The number of rotatable bonds is 7. The SMILES string of the molecule is O=C(Nc1ccc(CCC(=O)N2CCCC2)cc1)C(c1ccccc1)c1ccccc1. The summed E-state index contributed by atoms with van der Waals surface area (Å²) < 4.78 is 0. The van der Waals surface area contributed by atoms with E-state index in [1.807, 2.05) is 89.8 Å². The third-order valence-corrected chi connectivity index (χ3v) is 5.84.